The number of benzene rings is 1. The summed E-state index contributed by atoms with van der Waals surface area (Å²) in [6.07, 6.45) is 0.677. The molecule has 1 aromatic heterocycles. The van der Waals surface area contributed by atoms with E-state index in [2.05, 4.69) is 0 Å². The minimum Gasteiger partial charge on any atom is -0.464 e. The first kappa shape index (κ1) is 17.1. The number of halogens is 1. The van der Waals surface area contributed by atoms with E-state index in [-0.39, 0.29) is 5.82 Å². The maximum atomic E-state index is 14.2. The molecule has 0 bridgehead atoms. The van der Waals surface area contributed by atoms with Crippen LogP contribution in [0.1, 0.15) is 16.5 Å². The van der Waals surface area contributed by atoms with Gasteiger partial charge < -0.3 is 9.47 Å². The molecule has 0 amide bonds. The number of rotatable bonds is 6. The molecule has 0 radical (unpaired) electrons. The number of ether oxygens (including phenoxy) is 2. The van der Waals surface area contributed by atoms with Crippen molar-refractivity contribution in [1.82, 2.24) is 4.90 Å². The highest BCUT2D eigenvalue weighted by molar-refractivity contribution is 7.09. The van der Waals surface area contributed by atoms with Crippen LogP contribution in [0.3, 0.4) is 0 Å². The number of esters is 1. The topological polar surface area (TPSA) is 38.8 Å². The lowest BCUT2D eigenvalue weighted by Gasteiger charge is -2.33. The Bertz CT molecular complexity index is 656. The second-order valence-electron chi connectivity index (χ2n) is 5.57. The van der Waals surface area contributed by atoms with Gasteiger partial charge in [0.15, 0.2) is 0 Å². The number of hydrogen-bond donors (Lipinski definition) is 0. The van der Waals surface area contributed by atoms with Crippen molar-refractivity contribution in [3.63, 3.8) is 0 Å². The van der Waals surface area contributed by atoms with Crippen LogP contribution in [0.4, 0.5) is 4.39 Å². The quantitative estimate of drug-likeness (QED) is 0.752. The second kappa shape index (κ2) is 8.37. The molecule has 0 unspecified atom stereocenters. The molecule has 0 saturated carbocycles. The summed E-state index contributed by atoms with van der Waals surface area (Å²) < 4.78 is 25.0. The average Bonchev–Trinajstić information content (AvgIpc) is 3.11. The monoisotopic (exact) mass is 349 g/mol. The van der Waals surface area contributed by atoms with Crippen LogP contribution in [-0.2, 0) is 20.7 Å². The largest absolute Gasteiger partial charge is 0.464 e. The van der Waals surface area contributed by atoms with E-state index < -0.39 is 12.0 Å². The molecular formula is C18H20FNO3S. The predicted octanol–water partition coefficient (Wildman–Crippen LogP) is 3.05. The molecule has 1 fully saturated rings. The summed E-state index contributed by atoms with van der Waals surface area (Å²) in [4.78, 5) is 15.7. The van der Waals surface area contributed by atoms with Gasteiger partial charge in [0.2, 0.25) is 0 Å². The Morgan fingerprint density at radius 2 is 2.04 bits per heavy atom. The van der Waals surface area contributed by atoms with Gasteiger partial charge in [-0.1, -0.05) is 24.3 Å². The van der Waals surface area contributed by atoms with E-state index in [0.717, 1.165) is 4.88 Å². The molecule has 2 aromatic rings. The third kappa shape index (κ3) is 4.20. The van der Waals surface area contributed by atoms with Gasteiger partial charge in [0, 0.05) is 30.0 Å². The summed E-state index contributed by atoms with van der Waals surface area (Å²) in [6.45, 7) is 2.54. The summed E-state index contributed by atoms with van der Waals surface area (Å²) in [5.41, 5.74) is 0.362. The summed E-state index contributed by atoms with van der Waals surface area (Å²) >= 11 is 1.63. The van der Waals surface area contributed by atoms with E-state index in [9.17, 15) is 9.18 Å². The fraction of sp³-hybridized carbons (Fsp3) is 0.389. The molecule has 1 saturated heterocycles. The molecular weight excluding hydrogens is 329 g/mol. The van der Waals surface area contributed by atoms with Crippen LogP contribution < -0.4 is 0 Å². The van der Waals surface area contributed by atoms with Crippen LogP contribution in [0.5, 0.6) is 0 Å². The van der Waals surface area contributed by atoms with Crippen molar-refractivity contribution < 1.29 is 18.7 Å². The fourth-order valence-corrected chi connectivity index (χ4v) is 3.48. The van der Waals surface area contributed by atoms with E-state index in [1.54, 1.807) is 29.5 Å². The Kier molecular flexibility index (Phi) is 5.96. The highest BCUT2D eigenvalue weighted by atomic mass is 32.1. The van der Waals surface area contributed by atoms with Crippen LogP contribution >= 0.6 is 11.3 Å². The molecule has 0 spiro atoms. The van der Waals surface area contributed by atoms with Gasteiger partial charge in [-0.2, -0.15) is 0 Å². The van der Waals surface area contributed by atoms with E-state index in [0.29, 0.717) is 44.9 Å². The zero-order valence-corrected chi connectivity index (χ0v) is 14.1. The van der Waals surface area contributed by atoms with Gasteiger partial charge in [-0.25, -0.2) is 9.18 Å². The molecule has 4 nitrogen and oxygen atoms in total. The summed E-state index contributed by atoms with van der Waals surface area (Å²) in [7, 11) is 0. The van der Waals surface area contributed by atoms with E-state index in [1.165, 1.54) is 6.07 Å². The highest BCUT2D eigenvalue weighted by Gasteiger charge is 2.32. The van der Waals surface area contributed by atoms with Gasteiger partial charge in [-0.05, 0) is 17.5 Å². The third-order valence-corrected chi connectivity index (χ3v) is 4.94. The Morgan fingerprint density at radius 1 is 1.25 bits per heavy atom. The normalized spacial score (nSPS) is 16.7. The standard InChI is InChI=1S/C18H20FNO3S/c19-16-6-2-1-5-15(16)17(20-8-11-22-12-9-20)18(21)23-10-7-14-4-3-13-24-14/h1-6,13,17H,7-12H2/t17-/m1/s1. The molecule has 6 heteroatoms. The molecule has 0 aliphatic carbocycles. The molecule has 1 atom stereocenters. The first-order valence-corrected chi connectivity index (χ1v) is 8.89. The molecule has 2 heterocycles. The van der Waals surface area contributed by atoms with Gasteiger partial charge in [0.1, 0.15) is 11.9 Å². The Hall–Kier alpha value is -1.76. The number of hydrogen-bond acceptors (Lipinski definition) is 5. The zero-order chi connectivity index (χ0) is 16.8. The van der Waals surface area contributed by atoms with Gasteiger partial charge in [-0.15, -0.1) is 11.3 Å². The third-order valence-electron chi connectivity index (χ3n) is 4.01. The lowest BCUT2D eigenvalue weighted by Crippen LogP contribution is -2.43. The highest BCUT2D eigenvalue weighted by Crippen LogP contribution is 2.26. The Labute approximate surface area is 144 Å². The first-order chi connectivity index (χ1) is 11.8. The maximum Gasteiger partial charge on any atom is 0.328 e. The van der Waals surface area contributed by atoms with Crippen molar-refractivity contribution in [2.45, 2.75) is 12.5 Å². The number of nitrogens with zero attached hydrogens (tertiary/aromatic N) is 1. The van der Waals surface area contributed by atoms with Gasteiger partial charge in [0.25, 0.3) is 0 Å². The van der Waals surface area contributed by atoms with E-state index in [4.69, 9.17) is 9.47 Å². The van der Waals surface area contributed by atoms with E-state index >= 15 is 0 Å². The lowest BCUT2D eigenvalue weighted by atomic mass is 10.0. The number of thiophene rings is 1. The van der Waals surface area contributed by atoms with Crippen LogP contribution in [0.25, 0.3) is 0 Å². The van der Waals surface area contributed by atoms with Crippen LogP contribution in [0.15, 0.2) is 41.8 Å². The maximum absolute atomic E-state index is 14.2. The fourth-order valence-electron chi connectivity index (χ4n) is 2.79. The van der Waals surface area contributed by atoms with Crippen molar-refractivity contribution in [3.05, 3.63) is 58.0 Å². The van der Waals surface area contributed by atoms with Crippen LogP contribution in [-0.4, -0.2) is 43.8 Å². The average molecular weight is 349 g/mol. The summed E-state index contributed by atoms with van der Waals surface area (Å²) in [5, 5.41) is 1.99. The van der Waals surface area contributed by atoms with Crippen molar-refractivity contribution in [3.8, 4) is 0 Å². The molecule has 1 aliphatic rings. The molecule has 1 aliphatic heterocycles. The number of carbonyl (C=O) groups is 1. The van der Waals surface area contributed by atoms with Crippen molar-refractivity contribution in [2.24, 2.45) is 0 Å². The first-order valence-electron chi connectivity index (χ1n) is 8.01. The van der Waals surface area contributed by atoms with Crippen molar-refractivity contribution >= 4 is 17.3 Å². The summed E-state index contributed by atoms with van der Waals surface area (Å²) in [6, 6.07) is 9.64. The van der Waals surface area contributed by atoms with Gasteiger partial charge >= 0.3 is 5.97 Å². The SMILES string of the molecule is O=C(OCCc1cccs1)[C@@H](c1ccccc1F)N1CCOCC1. The molecule has 0 N–H and O–H groups in total. The van der Waals surface area contributed by atoms with E-state index in [1.807, 2.05) is 22.4 Å². The van der Waals surface area contributed by atoms with Crippen molar-refractivity contribution in [2.75, 3.05) is 32.9 Å². The zero-order valence-electron chi connectivity index (χ0n) is 13.3. The minimum atomic E-state index is -0.724. The number of carbonyl (C=O) groups excluding carboxylic acids is 1. The second-order valence-corrected chi connectivity index (χ2v) is 6.60. The lowest BCUT2D eigenvalue weighted by molar-refractivity contribution is -0.152. The molecule has 1 aromatic carbocycles. The van der Waals surface area contributed by atoms with Crippen LogP contribution in [0.2, 0.25) is 0 Å². The Balaban J connectivity index is 1.71. The van der Waals surface area contributed by atoms with Crippen molar-refractivity contribution in [1.29, 1.82) is 0 Å². The van der Waals surface area contributed by atoms with Gasteiger partial charge in [0.05, 0.1) is 19.8 Å². The van der Waals surface area contributed by atoms with Crippen LogP contribution in [0, 0.1) is 5.82 Å². The molecule has 24 heavy (non-hydrogen) atoms. The summed E-state index contributed by atoms with van der Waals surface area (Å²) in [5.74, 6) is -0.789. The van der Waals surface area contributed by atoms with Gasteiger partial charge in [-0.3, -0.25) is 4.90 Å². The smallest absolute Gasteiger partial charge is 0.328 e. The molecule has 3 rings (SSSR count). The Morgan fingerprint density at radius 3 is 2.75 bits per heavy atom. The minimum absolute atomic E-state index is 0.300. The number of morpholine rings is 1. The molecule has 128 valence electrons. The predicted molar refractivity (Wildman–Crippen MR) is 90.5 cm³/mol.